The summed E-state index contributed by atoms with van der Waals surface area (Å²) >= 11 is 3.46. The molecule has 0 unspecified atom stereocenters. The van der Waals surface area contributed by atoms with Crippen LogP contribution in [0, 0.1) is 18.3 Å². The highest BCUT2D eigenvalue weighted by Crippen LogP contribution is 2.27. The van der Waals surface area contributed by atoms with Crippen LogP contribution >= 0.6 is 15.9 Å². The Balaban J connectivity index is 1.57. The summed E-state index contributed by atoms with van der Waals surface area (Å²) in [7, 11) is 0. The van der Waals surface area contributed by atoms with E-state index in [1.165, 1.54) is 5.39 Å². The summed E-state index contributed by atoms with van der Waals surface area (Å²) in [6, 6.07) is 29.3. The van der Waals surface area contributed by atoms with Crippen LogP contribution in [0.5, 0.6) is 5.75 Å². The summed E-state index contributed by atoms with van der Waals surface area (Å²) in [5, 5.41) is 14.8. The SMILES string of the molecule is Cc1ccccc1NC(=O)/C(C#N)=C/c1cc(Br)ccc1OCc1ccc2ccccc2c1. The zero-order valence-corrected chi connectivity index (χ0v) is 19.6. The Bertz CT molecular complexity index is 1400. The molecule has 0 saturated heterocycles. The van der Waals surface area contributed by atoms with E-state index in [0.717, 1.165) is 21.0 Å². The van der Waals surface area contributed by atoms with Crippen molar-refractivity contribution < 1.29 is 9.53 Å². The standard InChI is InChI=1S/C28H21BrN2O2/c1-19-6-2-5-9-26(19)31-28(32)24(17-30)15-23-16-25(29)12-13-27(23)33-18-20-10-11-21-7-3-4-8-22(21)14-20/h2-16H,18H2,1H3,(H,31,32)/b24-15+. The van der Waals surface area contributed by atoms with E-state index in [1.807, 2.05) is 67.6 Å². The fraction of sp³-hybridized carbons (Fsp3) is 0.0714. The van der Waals surface area contributed by atoms with Crippen LogP contribution in [-0.2, 0) is 11.4 Å². The molecule has 0 saturated carbocycles. The second-order valence-electron chi connectivity index (χ2n) is 7.59. The van der Waals surface area contributed by atoms with Gasteiger partial charge in [0.25, 0.3) is 5.91 Å². The summed E-state index contributed by atoms with van der Waals surface area (Å²) in [4.78, 5) is 12.7. The predicted molar refractivity (Wildman–Crippen MR) is 136 cm³/mol. The first kappa shape index (κ1) is 22.3. The average molecular weight is 497 g/mol. The van der Waals surface area contributed by atoms with Crippen molar-refractivity contribution in [2.75, 3.05) is 5.32 Å². The van der Waals surface area contributed by atoms with E-state index in [4.69, 9.17) is 4.74 Å². The lowest BCUT2D eigenvalue weighted by molar-refractivity contribution is -0.112. The summed E-state index contributed by atoms with van der Waals surface area (Å²) in [6.45, 7) is 2.27. The van der Waals surface area contributed by atoms with Crippen LogP contribution in [0.4, 0.5) is 5.69 Å². The molecular formula is C28H21BrN2O2. The summed E-state index contributed by atoms with van der Waals surface area (Å²) in [5.74, 6) is 0.120. The molecule has 33 heavy (non-hydrogen) atoms. The molecule has 0 spiro atoms. The first-order valence-corrected chi connectivity index (χ1v) is 11.2. The number of ether oxygens (including phenoxy) is 1. The zero-order chi connectivity index (χ0) is 23.2. The molecule has 0 fully saturated rings. The molecule has 0 heterocycles. The van der Waals surface area contributed by atoms with E-state index in [1.54, 1.807) is 12.1 Å². The lowest BCUT2D eigenvalue weighted by Gasteiger charge is -2.12. The lowest BCUT2D eigenvalue weighted by atomic mass is 10.1. The largest absolute Gasteiger partial charge is 0.488 e. The van der Waals surface area contributed by atoms with Crippen molar-refractivity contribution in [3.8, 4) is 11.8 Å². The van der Waals surface area contributed by atoms with Crippen molar-refractivity contribution in [3.05, 3.63) is 112 Å². The van der Waals surface area contributed by atoms with E-state index in [2.05, 4.69) is 45.5 Å². The molecule has 4 aromatic rings. The summed E-state index contributed by atoms with van der Waals surface area (Å²) in [6.07, 6.45) is 1.55. The maximum atomic E-state index is 12.7. The summed E-state index contributed by atoms with van der Waals surface area (Å²) in [5.41, 5.74) is 3.26. The second-order valence-corrected chi connectivity index (χ2v) is 8.51. The highest BCUT2D eigenvalue weighted by Gasteiger charge is 2.13. The van der Waals surface area contributed by atoms with Gasteiger partial charge < -0.3 is 10.1 Å². The monoisotopic (exact) mass is 496 g/mol. The van der Waals surface area contributed by atoms with E-state index >= 15 is 0 Å². The van der Waals surface area contributed by atoms with Gasteiger partial charge in [0.2, 0.25) is 0 Å². The Morgan fingerprint density at radius 1 is 1.00 bits per heavy atom. The maximum Gasteiger partial charge on any atom is 0.266 e. The Labute approximate surface area is 201 Å². The van der Waals surface area contributed by atoms with Crippen LogP contribution in [0.3, 0.4) is 0 Å². The number of carbonyl (C=O) groups is 1. The Hall–Kier alpha value is -3.88. The summed E-state index contributed by atoms with van der Waals surface area (Å²) < 4.78 is 6.91. The number of hydrogen-bond acceptors (Lipinski definition) is 3. The van der Waals surface area contributed by atoms with Crippen molar-refractivity contribution >= 4 is 44.4 Å². The molecule has 0 atom stereocenters. The fourth-order valence-corrected chi connectivity index (χ4v) is 3.84. The number of aryl methyl sites for hydroxylation is 1. The van der Waals surface area contributed by atoms with Gasteiger partial charge in [0, 0.05) is 15.7 Å². The van der Waals surface area contributed by atoms with Crippen LogP contribution in [0.25, 0.3) is 16.8 Å². The molecule has 0 aliphatic rings. The third-order valence-corrected chi connectivity index (χ3v) is 5.73. The van der Waals surface area contributed by atoms with Gasteiger partial charge in [0.1, 0.15) is 24.0 Å². The smallest absolute Gasteiger partial charge is 0.266 e. The third-order valence-electron chi connectivity index (χ3n) is 5.24. The molecule has 4 aromatic carbocycles. The van der Waals surface area contributed by atoms with E-state index < -0.39 is 5.91 Å². The number of hydrogen-bond donors (Lipinski definition) is 1. The molecule has 5 heteroatoms. The average Bonchev–Trinajstić information content (AvgIpc) is 2.83. The van der Waals surface area contributed by atoms with Crippen molar-refractivity contribution in [1.82, 2.24) is 0 Å². The lowest BCUT2D eigenvalue weighted by Crippen LogP contribution is -2.14. The van der Waals surface area contributed by atoms with Crippen molar-refractivity contribution in [1.29, 1.82) is 5.26 Å². The zero-order valence-electron chi connectivity index (χ0n) is 18.0. The van der Waals surface area contributed by atoms with E-state index in [0.29, 0.717) is 23.6 Å². The van der Waals surface area contributed by atoms with Gasteiger partial charge in [-0.25, -0.2) is 0 Å². The van der Waals surface area contributed by atoms with E-state index in [-0.39, 0.29) is 5.57 Å². The molecule has 0 bridgehead atoms. The van der Waals surface area contributed by atoms with Crippen molar-refractivity contribution in [2.24, 2.45) is 0 Å². The van der Waals surface area contributed by atoms with Crippen LogP contribution < -0.4 is 10.1 Å². The molecule has 4 rings (SSSR count). The van der Waals surface area contributed by atoms with Crippen molar-refractivity contribution in [2.45, 2.75) is 13.5 Å². The van der Waals surface area contributed by atoms with Gasteiger partial charge in [-0.05, 0) is 65.2 Å². The number of anilines is 1. The number of halogens is 1. The fourth-order valence-electron chi connectivity index (χ4n) is 3.46. The second kappa shape index (κ2) is 10.2. The maximum absolute atomic E-state index is 12.7. The first-order chi connectivity index (χ1) is 16.0. The molecule has 162 valence electrons. The van der Waals surface area contributed by atoms with Gasteiger partial charge in [0.15, 0.2) is 0 Å². The molecular weight excluding hydrogens is 476 g/mol. The minimum Gasteiger partial charge on any atom is -0.488 e. The van der Waals surface area contributed by atoms with E-state index in [9.17, 15) is 10.1 Å². The Morgan fingerprint density at radius 3 is 2.55 bits per heavy atom. The van der Waals surface area contributed by atoms with Crippen molar-refractivity contribution in [3.63, 3.8) is 0 Å². The van der Waals surface area contributed by atoms with Gasteiger partial charge >= 0.3 is 0 Å². The number of amides is 1. The number of benzene rings is 4. The molecule has 4 nitrogen and oxygen atoms in total. The van der Waals surface area contributed by atoms with Gasteiger partial charge in [-0.15, -0.1) is 0 Å². The quantitative estimate of drug-likeness (QED) is 0.230. The van der Waals surface area contributed by atoms with Crippen LogP contribution in [0.15, 0.2) is 95.0 Å². The number of nitriles is 1. The number of para-hydroxylation sites is 1. The van der Waals surface area contributed by atoms with Gasteiger partial charge in [0.05, 0.1) is 0 Å². The normalized spacial score (nSPS) is 11.1. The number of fused-ring (bicyclic) bond motifs is 1. The molecule has 0 radical (unpaired) electrons. The molecule has 1 amide bonds. The number of nitrogens with zero attached hydrogens (tertiary/aromatic N) is 1. The first-order valence-electron chi connectivity index (χ1n) is 10.4. The predicted octanol–water partition coefficient (Wildman–Crippen LogP) is 7.04. The molecule has 0 aliphatic carbocycles. The number of nitrogens with one attached hydrogen (secondary N) is 1. The van der Waals surface area contributed by atoms with Gasteiger partial charge in [-0.3, -0.25) is 4.79 Å². The van der Waals surface area contributed by atoms with Crippen LogP contribution in [0.2, 0.25) is 0 Å². The van der Waals surface area contributed by atoms with Gasteiger partial charge in [-0.2, -0.15) is 5.26 Å². The topological polar surface area (TPSA) is 62.1 Å². The minimum absolute atomic E-state index is 0.00749. The number of rotatable bonds is 6. The Kier molecular flexibility index (Phi) is 6.87. The highest BCUT2D eigenvalue weighted by atomic mass is 79.9. The van der Waals surface area contributed by atoms with Crippen LogP contribution in [0.1, 0.15) is 16.7 Å². The highest BCUT2D eigenvalue weighted by molar-refractivity contribution is 9.10. The number of carbonyl (C=O) groups excluding carboxylic acids is 1. The molecule has 0 aromatic heterocycles. The Morgan fingerprint density at radius 2 is 1.76 bits per heavy atom. The molecule has 0 aliphatic heterocycles. The van der Waals surface area contributed by atoms with Crippen LogP contribution in [-0.4, -0.2) is 5.91 Å². The van der Waals surface area contributed by atoms with Gasteiger partial charge in [-0.1, -0.05) is 70.5 Å². The third kappa shape index (κ3) is 5.49. The molecule has 1 N–H and O–H groups in total. The minimum atomic E-state index is -0.466.